The van der Waals surface area contributed by atoms with Crippen LogP contribution in [0.15, 0.2) is 18.2 Å². The summed E-state index contributed by atoms with van der Waals surface area (Å²) in [5.74, 6) is -1.26. The fourth-order valence-electron chi connectivity index (χ4n) is 2.77. The molecule has 0 fully saturated rings. The highest BCUT2D eigenvalue weighted by Gasteiger charge is 2.25. The van der Waals surface area contributed by atoms with Gasteiger partial charge in [0.25, 0.3) is 0 Å². The Bertz CT molecular complexity index is 888. The summed E-state index contributed by atoms with van der Waals surface area (Å²) in [4.78, 5) is 48.1. The first kappa shape index (κ1) is 31.7. The van der Waals surface area contributed by atoms with Gasteiger partial charge in [0.1, 0.15) is 18.2 Å². The zero-order valence-electron chi connectivity index (χ0n) is 22.3. The SMILES string of the molecule is CCCCOC(=O)Oc1ccc(C[C@H](N)C(=O)O[C@@H](C)[C@H](C)OC(=O)CC)cc1OC(=O)OCCCC. The molecule has 0 aliphatic heterocycles. The summed E-state index contributed by atoms with van der Waals surface area (Å²) in [6, 6.07) is 3.31. The lowest BCUT2D eigenvalue weighted by Gasteiger charge is -2.22. The zero-order valence-corrected chi connectivity index (χ0v) is 22.3. The molecule has 1 rings (SSSR count). The smallest absolute Gasteiger partial charge is 0.459 e. The number of ether oxygens (including phenoxy) is 6. The van der Waals surface area contributed by atoms with Gasteiger partial charge in [0.15, 0.2) is 11.5 Å². The number of hydrogen-bond donors (Lipinski definition) is 1. The molecule has 2 N–H and O–H groups in total. The number of benzene rings is 1. The molecular weight excluding hydrogens is 486 g/mol. The van der Waals surface area contributed by atoms with Crippen LogP contribution in [0.5, 0.6) is 11.5 Å². The highest BCUT2D eigenvalue weighted by molar-refractivity contribution is 5.76. The van der Waals surface area contributed by atoms with Crippen LogP contribution in [0.3, 0.4) is 0 Å². The fraction of sp³-hybridized carbons (Fsp3) is 0.615. The predicted molar refractivity (Wildman–Crippen MR) is 133 cm³/mol. The Balaban J connectivity index is 2.91. The number of hydrogen-bond acceptors (Lipinski definition) is 11. The first-order valence-corrected chi connectivity index (χ1v) is 12.6. The molecule has 0 unspecified atom stereocenters. The standard InChI is InChI=1S/C26H39NO10/c1-6-9-13-32-25(30)36-21-12-11-19(16-22(21)37-26(31)33-14-10-7-2)15-20(27)24(29)35-18(5)17(4)34-23(28)8-3/h11-12,16-18,20H,6-10,13-15,27H2,1-5H3/t17-,18-,20-/m0/s1. The van der Waals surface area contributed by atoms with E-state index in [2.05, 4.69) is 0 Å². The van der Waals surface area contributed by atoms with E-state index in [0.29, 0.717) is 18.4 Å². The van der Waals surface area contributed by atoms with E-state index in [1.165, 1.54) is 12.1 Å². The quantitative estimate of drug-likeness (QED) is 0.150. The van der Waals surface area contributed by atoms with Gasteiger partial charge in [-0.1, -0.05) is 39.7 Å². The van der Waals surface area contributed by atoms with E-state index in [0.717, 1.165) is 12.8 Å². The Morgan fingerprint density at radius 1 is 0.811 bits per heavy atom. The molecular formula is C26H39NO10. The van der Waals surface area contributed by atoms with Crippen LogP contribution in [0.4, 0.5) is 9.59 Å². The van der Waals surface area contributed by atoms with Crippen molar-refractivity contribution in [2.24, 2.45) is 5.73 Å². The molecule has 0 spiro atoms. The van der Waals surface area contributed by atoms with Gasteiger partial charge in [-0.2, -0.15) is 0 Å². The van der Waals surface area contributed by atoms with E-state index < -0.39 is 42.5 Å². The third kappa shape index (κ3) is 12.4. The monoisotopic (exact) mass is 525 g/mol. The van der Waals surface area contributed by atoms with Crippen molar-refractivity contribution in [1.29, 1.82) is 0 Å². The Morgan fingerprint density at radius 3 is 1.89 bits per heavy atom. The Labute approximate surface area is 217 Å². The molecule has 3 atom stereocenters. The predicted octanol–water partition coefficient (Wildman–Crippen LogP) is 4.46. The third-order valence-corrected chi connectivity index (χ3v) is 5.16. The highest BCUT2D eigenvalue weighted by Crippen LogP contribution is 2.30. The molecule has 208 valence electrons. The summed E-state index contributed by atoms with van der Waals surface area (Å²) in [5.41, 5.74) is 6.53. The second kappa shape index (κ2) is 17.2. The normalized spacial score (nSPS) is 13.0. The summed E-state index contributed by atoms with van der Waals surface area (Å²) in [7, 11) is 0. The van der Waals surface area contributed by atoms with Gasteiger partial charge in [-0.25, -0.2) is 9.59 Å². The summed E-state index contributed by atoms with van der Waals surface area (Å²) in [5, 5.41) is 0. The van der Waals surface area contributed by atoms with Gasteiger partial charge in [-0.3, -0.25) is 9.59 Å². The number of carbonyl (C=O) groups is 4. The van der Waals surface area contributed by atoms with E-state index >= 15 is 0 Å². The Hall–Kier alpha value is -3.34. The lowest BCUT2D eigenvalue weighted by molar-refractivity contribution is -0.166. The lowest BCUT2D eigenvalue weighted by Crippen LogP contribution is -2.39. The number of unbranched alkanes of at least 4 members (excludes halogenated alkanes) is 2. The maximum Gasteiger partial charge on any atom is 0.513 e. The first-order chi connectivity index (χ1) is 17.6. The maximum absolute atomic E-state index is 12.5. The van der Waals surface area contributed by atoms with E-state index in [1.54, 1.807) is 26.8 Å². The largest absolute Gasteiger partial charge is 0.513 e. The Morgan fingerprint density at radius 2 is 1.35 bits per heavy atom. The van der Waals surface area contributed by atoms with E-state index in [9.17, 15) is 19.2 Å². The van der Waals surface area contributed by atoms with Gasteiger partial charge < -0.3 is 34.2 Å². The maximum atomic E-state index is 12.5. The van der Waals surface area contributed by atoms with E-state index in [-0.39, 0.29) is 37.6 Å². The lowest BCUT2D eigenvalue weighted by atomic mass is 10.1. The molecule has 37 heavy (non-hydrogen) atoms. The molecule has 0 amide bonds. The minimum atomic E-state index is -1.06. The van der Waals surface area contributed by atoms with Crippen LogP contribution in [-0.2, 0) is 35.0 Å². The van der Waals surface area contributed by atoms with Crippen molar-refractivity contribution >= 4 is 24.2 Å². The molecule has 0 heterocycles. The van der Waals surface area contributed by atoms with Crippen molar-refractivity contribution < 1.29 is 47.6 Å². The van der Waals surface area contributed by atoms with Crippen molar-refractivity contribution in [3.8, 4) is 11.5 Å². The fourth-order valence-corrected chi connectivity index (χ4v) is 2.77. The van der Waals surface area contributed by atoms with Crippen LogP contribution in [0.25, 0.3) is 0 Å². The van der Waals surface area contributed by atoms with Crippen LogP contribution in [0.1, 0.15) is 72.3 Å². The topological polar surface area (TPSA) is 150 Å². The Kier molecular flexibility index (Phi) is 14.7. The number of rotatable bonds is 15. The summed E-state index contributed by atoms with van der Waals surface area (Å²) in [6.45, 7) is 9.13. The van der Waals surface area contributed by atoms with Crippen LogP contribution >= 0.6 is 0 Å². The summed E-state index contributed by atoms with van der Waals surface area (Å²) >= 11 is 0. The molecule has 1 aromatic carbocycles. The van der Waals surface area contributed by atoms with E-state index in [1.807, 2.05) is 13.8 Å². The first-order valence-electron chi connectivity index (χ1n) is 12.6. The molecule has 11 nitrogen and oxygen atoms in total. The molecule has 0 aliphatic rings. The van der Waals surface area contributed by atoms with Crippen molar-refractivity contribution in [3.05, 3.63) is 23.8 Å². The zero-order chi connectivity index (χ0) is 27.8. The van der Waals surface area contributed by atoms with Gasteiger partial charge in [0.05, 0.1) is 13.2 Å². The van der Waals surface area contributed by atoms with Gasteiger partial charge in [-0.05, 0) is 50.8 Å². The second-order valence-corrected chi connectivity index (χ2v) is 8.39. The van der Waals surface area contributed by atoms with Crippen molar-refractivity contribution in [2.45, 2.75) is 91.4 Å². The van der Waals surface area contributed by atoms with Crippen molar-refractivity contribution in [2.75, 3.05) is 13.2 Å². The van der Waals surface area contributed by atoms with Crippen LogP contribution in [0.2, 0.25) is 0 Å². The van der Waals surface area contributed by atoms with Crippen molar-refractivity contribution in [3.63, 3.8) is 0 Å². The van der Waals surface area contributed by atoms with Crippen LogP contribution < -0.4 is 15.2 Å². The molecule has 0 bridgehead atoms. The van der Waals surface area contributed by atoms with Crippen molar-refractivity contribution in [1.82, 2.24) is 0 Å². The molecule has 1 aromatic rings. The minimum absolute atomic E-state index is 0.0250. The molecule has 0 saturated heterocycles. The average molecular weight is 526 g/mol. The number of nitrogens with two attached hydrogens (primary N) is 1. The second-order valence-electron chi connectivity index (χ2n) is 8.39. The van der Waals surface area contributed by atoms with Gasteiger partial charge in [0.2, 0.25) is 0 Å². The number of esters is 2. The van der Waals surface area contributed by atoms with Gasteiger partial charge in [0, 0.05) is 6.42 Å². The van der Waals surface area contributed by atoms with Crippen LogP contribution in [-0.4, -0.2) is 55.7 Å². The molecule has 0 saturated carbocycles. The molecule has 0 aliphatic carbocycles. The highest BCUT2D eigenvalue weighted by atomic mass is 16.7. The minimum Gasteiger partial charge on any atom is -0.459 e. The van der Waals surface area contributed by atoms with Gasteiger partial charge >= 0.3 is 24.2 Å². The number of carbonyl (C=O) groups excluding carboxylic acids is 4. The molecule has 11 heteroatoms. The van der Waals surface area contributed by atoms with Gasteiger partial charge in [-0.15, -0.1) is 0 Å². The summed E-state index contributed by atoms with van der Waals surface area (Å²) in [6.07, 6.45) is -0.0376. The molecule has 0 aromatic heterocycles. The summed E-state index contributed by atoms with van der Waals surface area (Å²) < 4.78 is 30.9. The van der Waals surface area contributed by atoms with E-state index in [4.69, 9.17) is 34.2 Å². The van der Waals surface area contributed by atoms with Crippen LogP contribution in [0, 0.1) is 0 Å². The molecule has 0 radical (unpaired) electrons. The average Bonchev–Trinajstić information content (AvgIpc) is 2.85. The third-order valence-electron chi connectivity index (χ3n) is 5.16.